The maximum atomic E-state index is 14.1. The van der Waals surface area contributed by atoms with E-state index in [2.05, 4.69) is 36.4 Å². The molecule has 2 fully saturated rings. The first-order valence-corrected chi connectivity index (χ1v) is 16.4. The van der Waals surface area contributed by atoms with Crippen LogP contribution in [-0.4, -0.2) is 103 Å². The van der Waals surface area contributed by atoms with Gasteiger partial charge in [-0.1, -0.05) is 32.1 Å². The summed E-state index contributed by atoms with van der Waals surface area (Å²) in [6, 6.07) is 4.23. The maximum Gasteiger partial charge on any atom is 0.360 e. The van der Waals surface area contributed by atoms with Gasteiger partial charge in [-0.25, -0.2) is 4.79 Å². The van der Waals surface area contributed by atoms with Crippen LogP contribution in [0.4, 0.5) is 0 Å². The van der Waals surface area contributed by atoms with E-state index in [4.69, 9.17) is 4.74 Å². The molecule has 0 bridgehead atoms. The number of carboxylic acids is 1. The number of hydrogen-bond acceptors (Lipinski definition) is 8. The van der Waals surface area contributed by atoms with Gasteiger partial charge in [0.2, 0.25) is 17.7 Å². The molecule has 4 aliphatic rings. The Balaban J connectivity index is 1.36. The highest BCUT2D eigenvalue weighted by Crippen LogP contribution is 2.44. The molecular weight excluding hydrogens is 646 g/mol. The summed E-state index contributed by atoms with van der Waals surface area (Å²) in [7, 11) is 1.93. The van der Waals surface area contributed by atoms with Crippen LogP contribution in [0.2, 0.25) is 0 Å². The highest BCUT2D eigenvalue weighted by atomic mass is 79.9. The maximum absolute atomic E-state index is 14.1. The van der Waals surface area contributed by atoms with Gasteiger partial charge in [-0.05, 0) is 91.2 Å². The summed E-state index contributed by atoms with van der Waals surface area (Å²) in [6.45, 7) is 6.98. The Kier molecular flexibility index (Phi) is 7.98. The zero-order valence-electron chi connectivity index (χ0n) is 26.2. The van der Waals surface area contributed by atoms with E-state index in [1.54, 1.807) is 0 Å². The highest BCUT2D eigenvalue weighted by molar-refractivity contribution is 9.10. The number of aromatic nitrogens is 1. The normalized spacial score (nSPS) is 29.8. The van der Waals surface area contributed by atoms with Crippen molar-refractivity contribution in [1.82, 2.24) is 25.4 Å². The summed E-state index contributed by atoms with van der Waals surface area (Å²) in [5.41, 5.74) is -0.877. The first-order valence-electron chi connectivity index (χ1n) is 15.6. The Labute approximate surface area is 270 Å². The van der Waals surface area contributed by atoms with Gasteiger partial charge in [0, 0.05) is 30.0 Å². The molecule has 13 heteroatoms. The summed E-state index contributed by atoms with van der Waals surface area (Å²) in [6.07, 6.45) is 3.91. The van der Waals surface area contributed by atoms with Crippen LogP contribution in [0.25, 0.3) is 16.5 Å². The van der Waals surface area contributed by atoms with Crippen molar-refractivity contribution in [2.24, 2.45) is 11.8 Å². The fraction of sp³-hybridized carbons (Fsp3) is 0.594. The number of ether oxygens (including phenoxy) is 1. The number of aliphatic carboxylic acids is 1. The number of fused-ring (bicyclic) bond motifs is 3. The number of H-pyrrole nitrogens is 1. The van der Waals surface area contributed by atoms with Gasteiger partial charge < -0.3 is 30.5 Å². The van der Waals surface area contributed by atoms with Crippen LogP contribution >= 0.6 is 15.9 Å². The molecule has 2 saturated heterocycles. The van der Waals surface area contributed by atoms with Gasteiger partial charge >= 0.3 is 5.97 Å². The third-order valence-electron chi connectivity index (χ3n) is 9.82. The topological polar surface area (TPSA) is 167 Å². The molecule has 2 aromatic rings. The van der Waals surface area contributed by atoms with Crippen LogP contribution in [0.3, 0.4) is 0 Å². The number of rotatable bonds is 8. The van der Waals surface area contributed by atoms with Crippen LogP contribution in [0.15, 0.2) is 28.9 Å². The summed E-state index contributed by atoms with van der Waals surface area (Å²) in [5, 5.41) is 40.5. The number of piperazine rings is 1. The Morgan fingerprint density at radius 2 is 2.02 bits per heavy atom. The quantitative estimate of drug-likeness (QED) is 0.228. The summed E-state index contributed by atoms with van der Waals surface area (Å²) in [4.78, 5) is 47.4. The zero-order chi connectivity index (χ0) is 32.6. The molecule has 6 N–H and O–H groups in total. The number of aliphatic hydroxyl groups is 2. The second-order valence-electron chi connectivity index (χ2n) is 13.9. The Morgan fingerprint density at radius 1 is 1.29 bits per heavy atom. The molecular formula is C32H42BrN5O7. The lowest BCUT2D eigenvalue weighted by Crippen LogP contribution is -2.79. The Morgan fingerprint density at radius 3 is 2.69 bits per heavy atom. The lowest BCUT2D eigenvalue weighted by atomic mass is 9.79. The zero-order valence-corrected chi connectivity index (χ0v) is 27.8. The van der Waals surface area contributed by atoms with Gasteiger partial charge in [0.15, 0.2) is 0 Å². The Bertz CT molecular complexity index is 1580. The van der Waals surface area contributed by atoms with E-state index in [9.17, 15) is 29.7 Å². The lowest BCUT2D eigenvalue weighted by molar-refractivity contribution is -0.342. The second-order valence-corrected chi connectivity index (χ2v) is 14.7. The number of likely N-dealkylation sites (N-methyl/N-ethyl adjacent to an activating group) is 1. The molecule has 1 aliphatic carbocycles. The molecule has 45 heavy (non-hydrogen) atoms. The fourth-order valence-electron chi connectivity index (χ4n) is 7.60. The second kappa shape index (κ2) is 11.2. The summed E-state index contributed by atoms with van der Waals surface area (Å²) < 4.78 is 7.01. The number of hydrogen-bond donors (Lipinski definition) is 6. The van der Waals surface area contributed by atoms with E-state index in [1.165, 1.54) is 24.3 Å². The van der Waals surface area contributed by atoms with E-state index < -0.39 is 47.1 Å². The molecule has 3 aliphatic heterocycles. The van der Waals surface area contributed by atoms with Crippen LogP contribution in [-0.2, 0) is 25.5 Å². The van der Waals surface area contributed by atoms with Crippen molar-refractivity contribution in [3.8, 4) is 0 Å². The minimum absolute atomic E-state index is 0.00457. The number of nitrogens with one attached hydrogen (secondary N) is 3. The number of nitrogens with zero attached hydrogens (tertiary/aromatic N) is 2. The molecule has 1 aromatic heterocycles. The third kappa shape index (κ3) is 5.21. The predicted molar refractivity (Wildman–Crippen MR) is 170 cm³/mol. The van der Waals surface area contributed by atoms with Gasteiger partial charge in [0.1, 0.15) is 11.6 Å². The number of aromatic amines is 1. The number of amides is 2. The minimum atomic E-state index is -2.78. The largest absolute Gasteiger partial charge is 0.478 e. The van der Waals surface area contributed by atoms with Crippen molar-refractivity contribution in [3.05, 3.63) is 40.0 Å². The number of benzene rings is 1. The first-order chi connectivity index (χ1) is 21.1. The molecule has 244 valence electrons. The SMILES string of the molecule is CC(C)C[C@@H]1N[C@@](O)(O[C@@](NC(=O)[C@@H]2C=C3c4cccc5[nH]c(Br)c(c45)C[C@H]3N(C)C2)(C(=O)O)C(C)(C)O)[C@@H]2CCCN2C1=O. The monoisotopic (exact) mass is 687 g/mol. The van der Waals surface area contributed by atoms with E-state index in [0.717, 1.165) is 33.1 Å². The van der Waals surface area contributed by atoms with Gasteiger partial charge in [0.05, 0.1) is 16.6 Å². The summed E-state index contributed by atoms with van der Waals surface area (Å²) >= 11 is 3.66. The number of carbonyl (C=O) groups is 3. The average Bonchev–Trinajstić information content (AvgIpc) is 3.57. The van der Waals surface area contributed by atoms with Crippen molar-refractivity contribution in [1.29, 1.82) is 0 Å². The van der Waals surface area contributed by atoms with Gasteiger partial charge in [-0.3, -0.25) is 24.5 Å². The molecule has 6 atom stereocenters. The van der Waals surface area contributed by atoms with Gasteiger partial charge in [-0.2, -0.15) is 0 Å². The van der Waals surface area contributed by atoms with E-state index in [1.807, 2.05) is 45.2 Å². The average molecular weight is 689 g/mol. The molecule has 4 heterocycles. The van der Waals surface area contributed by atoms with Crippen LogP contribution < -0.4 is 10.6 Å². The molecule has 0 saturated carbocycles. The Hall–Kier alpha value is -2.81. The van der Waals surface area contributed by atoms with Crippen LogP contribution in [0.1, 0.15) is 58.1 Å². The number of carbonyl (C=O) groups excluding carboxylic acids is 2. The smallest absolute Gasteiger partial charge is 0.360 e. The molecule has 0 radical (unpaired) electrons. The van der Waals surface area contributed by atoms with Gasteiger partial charge in [-0.15, -0.1) is 0 Å². The minimum Gasteiger partial charge on any atom is -0.478 e. The molecule has 0 unspecified atom stereocenters. The first kappa shape index (κ1) is 32.1. The fourth-order valence-corrected chi connectivity index (χ4v) is 8.17. The molecule has 6 rings (SSSR count). The molecule has 12 nitrogen and oxygen atoms in total. The van der Waals surface area contributed by atoms with Crippen LogP contribution in [0.5, 0.6) is 0 Å². The standard InChI is InChI=1S/C32H42BrN5O7/c1-16(2)12-22-28(40)38-11-7-10-24(38)32(44,35-22)45-31(29(41)42,30(3,4)43)36-27(39)17-13-19-18-8-6-9-21-25(18)20(26(33)34-21)14-23(19)37(5)15-17/h6,8-9,13,16-17,22-24,34-35,43-44H,7,10-12,14-15H2,1-5H3,(H,36,39)(H,41,42)/t17-,22+,23-,24+,31+,32+/m1/s1. The van der Waals surface area contributed by atoms with Crippen molar-refractivity contribution >= 4 is 50.2 Å². The van der Waals surface area contributed by atoms with E-state index in [-0.39, 0.29) is 17.9 Å². The molecule has 1 aromatic carbocycles. The predicted octanol–water partition coefficient (Wildman–Crippen LogP) is 2.14. The molecule has 0 spiro atoms. The molecule has 2 amide bonds. The van der Waals surface area contributed by atoms with Crippen LogP contribution in [0, 0.1) is 11.8 Å². The van der Waals surface area contributed by atoms with E-state index in [0.29, 0.717) is 32.4 Å². The van der Waals surface area contributed by atoms with Crippen molar-refractivity contribution in [2.75, 3.05) is 20.1 Å². The number of halogens is 1. The van der Waals surface area contributed by atoms with Crippen molar-refractivity contribution in [3.63, 3.8) is 0 Å². The summed E-state index contributed by atoms with van der Waals surface area (Å²) in [5.74, 6) is -5.62. The van der Waals surface area contributed by atoms with Gasteiger partial charge in [0.25, 0.3) is 5.72 Å². The third-order valence-corrected chi connectivity index (χ3v) is 10.5. The highest BCUT2D eigenvalue weighted by Gasteiger charge is 2.63. The van der Waals surface area contributed by atoms with Crippen molar-refractivity contribution in [2.45, 2.75) is 88.7 Å². The van der Waals surface area contributed by atoms with Crippen molar-refractivity contribution < 1.29 is 34.4 Å². The van der Waals surface area contributed by atoms with E-state index >= 15 is 0 Å². The number of carboxylic acid groups (broad SMARTS) is 1. The lowest BCUT2D eigenvalue weighted by Gasteiger charge is -2.52.